The van der Waals surface area contributed by atoms with Crippen LogP contribution in [0.2, 0.25) is 0 Å². The van der Waals surface area contributed by atoms with Crippen LogP contribution in [0.3, 0.4) is 0 Å². The number of hydrogen-bond acceptors (Lipinski definition) is 6. The zero-order valence-electron chi connectivity index (χ0n) is 10.4. The van der Waals surface area contributed by atoms with E-state index in [1.807, 2.05) is 0 Å². The summed E-state index contributed by atoms with van der Waals surface area (Å²) in [4.78, 5) is 33.8. The van der Waals surface area contributed by atoms with Crippen molar-refractivity contribution in [1.29, 1.82) is 0 Å². The van der Waals surface area contributed by atoms with E-state index in [0.29, 0.717) is 0 Å². The summed E-state index contributed by atoms with van der Waals surface area (Å²) in [5.41, 5.74) is 5.61. The predicted octanol–water partition coefficient (Wildman–Crippen LogP) is 0.344. The smallest absolute Gasteiger partial charge is 0.337 e. The fraction of sp³-hybridized carbons (Fsp3) is 0.250. The third-order valence-electron chi connectivity index (χ3n) is 2.42. The number of benzene rings is 1. The molecule has 1 rings (SSSR count). The number of nitrogens with two attached hydrogens (primary N) is 1. The van der Waals surface area contributed by atoms with Gasteiger partial charge in [0.25, 0.3) is 0 Å². The van der Waals surface area contributed by atoms with E-state index >= 15 is 0 Å². The van der Waals surface area contributed by atoms with Crippen LogP contribution in [0.5, 0.6) is 0 Å². The molecular formula is C12H13NO6. The third kappa shape index (κ3) is 3.29. The standard InChI is InChI=1S/C12H13NO6/c1-18-11(16)7-3-6(9(13)10(14)15)4-8(5-7)12(17)19-2/h3-5,9H,13H2,1-2H3,(H,14,15)/t9-/m0/s1. The Kier molecular flexibility index (Phi) is 4.60. The molecule has 1 aromatic carbocycles. The first kappa shape index (κ1) is 14.7. The van der Waals surface area contributed by atoms with Crippen LogP contribution in [0.1, 0.15) is 32.3 Å². The van der Waals surface area contributed by atoms with E-state index in [4.69, 9.17) is 10.8 Å². The minimum absolute atomic E-state index is 0.0251. The molecule has 0 unspecified atom stereocenters. The molecule has 0 aliphatic rings. The van der Waals surface area contributed by atoms with Gasteiger partial charge in [-0.25, -0.2) is 9.59 Å². The number of methoxy groups -OCH3 is 2. The second-order valence-electron chi connectivity index (χ2n) is 3.64. The van der Waals surface area contributed by atoms with E-state index in [1.165, 1.54) is 32.4 Å². The maximum Gasteiger partial charge on any atom is 0.337 e. The summed E-state index contributed by atoms with van der Waals surface area (Å²) >= 11 is 0. The molecular weight excluding hydrogens is 254 g/mol. The highest BCUT2D eigenvalue weighted by molar-refractivity contribution is 5.96. The van der Waals surface area contributed by atoms with Crippen molar-refractivity contribution in [3.63, 3.8) is 0 Å². The molecule has 7 heteroatoms. The monoisotopic (exact) mass is 267 g/mol. The van der Waals surface area contributed by atoms with Crippen LogP contribution in [-0.2, 0) is 14.3 Å². The summed E-state index contributed by atoms with van der Waals surface area (Å²) in [6.07, 6.45) is 0. The van der Waals surface area contributed by atoms with Crippen LogP contribution >= 0.6 is 0 Å². The van der Waals surface area contributed by atoms with Gasteiger partial charge in [-0.05, 0) is 23.8 Å². The Balaban J connectivity index is 3.35. The van der Waals surface area contributed by atoms with Crippen molar-refractivity contribution in [2.45, 2.75) is 6.04 Å². The number of hydrogen-bond donors (Lipinski definition) is 2. The highest BCUT2D eigenvalue weighted by atomic mass is 16.5. The van der Waals surface area contributed by atoms with Crippen LogP contribution in [0.15, 0.2) is 18.2 Å². The molecule has 102 valence electrons. The normalized spacial score (nSPS) is 11.5. The molecule has 0 aliphatic carbocycles. The Hall–Kier alpha value is -2.41. The second-order valence-corrected chi connectivity index (χ2v) is 3.64. The maximum absolute atomic E-state index is 11.5. The third-order valence-corrected chi connectivity index (χ3v) is 2.42. The van der Waals surface area contributed by atoms with Gasteiger partial charge in [-0.1, -0.05) is 0 Å². The molecule has 0 fully saturated rings. The van der Waals surface area contributed by atoms with Crippen LogP contribution in [0.25, 0.3) is 0 Å². The molecule has 1 aromatic rings. The first-order chi connectivity index (χ1) is 8.90. The lowest BCUT2D eigenvalue weighted by Gasteiger charge is -2.10. The highest BCUT2D eigenvalue weighted by Crippen LogP contribution is 2.18. The number of aliphatic carboxylic acids is 1. The van der Waals surface area contributed by atoms with Crippen molar-refractivity contribution in [2.75, 3.05) is 14.2 Å². The van der Waals surface area contributed by atoms with Crippen LogP contribution < -0.4 is 5.73 Å². The number of carbonyl (C=O) groups is 3. The summed E-state index contributed by atoms with van der Waals surface area (Å²) in [5, 5.41) is 8.85. The number of rotatable bonds is 4. The van der Waals surface area contributed by atoms with E-state index in [-0.39, 0.29) is 16.7 Å². The van der Waals surface area contributed by atoms with Crippen LogP contribution in [0.4, 0.5) is 0 Å². The predicted molar refractivity (Wildman–Crippen MR) is 63.7 cm³/mol. The molecule has 1 atom stereocenters. The summed E-state index contributed by atoms with van der Waals surface area (Å²) in [5.74, 6) is -2.69. The van der Waals surface area contributed by atoms with Gasteiger partial charge in [0, 0.05) is 0 Å². The number of esters is 2. The molecule has 0 aromatic heterocycles. The van der Waals surface area contributed by atoms with Crippen molar-refractivity contribution >= 4 is 17.9 Å². The number of carbonyl (C=O) groups excluding carboxylic acids is 2. The van der Waals surface area contributed by atoms with Gasteiger partial charge >= 0.3 is 17.9 Å². The van der Waals surface area contributed by atoms with E-state index < -0.39 is 23.9 Å². The molecule has 0 aliphatic heterocycles. The Bertz CT molecular complexity index is 491. The number of carboxylic acids is 1. The lowest BCUT2D eigenvalue weighted by molar-refractivity contribution is -0.138. The summed E-state index contributed by atoms with van der Waals surface area (Å²) < 4.78 is 9.04. The van der Waals surface area contributed by atoms with Crippen molar-refractivity contribution < 1.29 is 29.0 Å². The van der Waals surface area contributed by atoms with Gasteiger partial charge in [-0.15, -0.1) is 0 Å². The maximum atomic E-state index is 11.5. The quantitative estimate of drug-likeness (QED) is 0.756. The van der Waals surface area contributed by atoms with Crippen molar-refractivity contribution in [3.05, 3.63) is 34.9 Å². The van der Waals surface area contributed by atoms with Crippen molar-refractivity contribution in [2.24, 2.45) is 5.73 Å². The van der Waals surface area contributed by atoms with E-state index in [2.05, 4.69) is 9.47 Å². The minimum Gasteiger partial charge on any atom is -0.480 e. The molecule has 0 radical (unpaired) electrons. The summed E-state index contributed by atoms with van der Waals surface area (Å²) in [7, 11) is 2.34. The zero-order valence-corrected chi connectivity index (χ0v) is 10.4. The minimum atomic E-state index is -1.35. The van der Waals surface area contributed by atoms with E-state index in [1.54, 1.807) is 0 Å². The molecule has 7 nitrogen and oxygen atoms in total. The Labute approximate surface area is 108 Å². The van der Waals surface area contributed by atoms with E-state index in [0.717, 1.165) is 0 Å². The Morgan fingerprint density at radius 2 is 1.47 bits per heavy atom. The molecule has 19 heavy (non-hydrogen) atoms. The molecule has 0 saturated carbocycles. The van der Waals surface area contributed by atoms with Gasteiger partial charge in [0.05, 0.1) is 25.3 Å². The number of ether oxygens (including phenoxy) is 2. The van der Waals surface area contributed by atoms with Crippen molar-refractivity contribution in [3.8, 4) is 0 Å². The fourth-order valence-electron chi connectivity index (χ4n) is 1.45. The first-order valence-electron chi connectivity index (χ1n) is 5.20. The average molecular weight is 267 g/mol. The first-order valence-corrected chi connectivity index (χ1v) is 5.20. The van der Waals surface area contributed by atoms with Crippen LogP contribution in [0, 0.1) is 0 Å². The lowest BCUT2D eigenvalue weighted by atomic mass is 10.0. The van der Waals surface area contributed by atoms with Crippen LogP contribution in [-0.4, -0.2) is 37.2 Å². The van der Waals surface area contributed by atoms with Gasteiger partial charge in [0.2, 0.25) is 0 Å². The van der Waals surface area contributed by atoms with Gasteiger partial charge < -0.3 is 20.3 Å². The average Bonchev–Trinajstić information content (AvgIpc) is 2.43. The summed E-state index contributed by atoms with van der Waals surface area (Å²) in [6.45, 7) is 0. The lowest BCUT2D eigenvalue weighted by Crippen LogP contribution is -2.22. The second kappa shape index (κ2) is 5.96. The molecule has 0 amide bonds. The van der Waals surface area contributed by atoms with Gasteiger partial charge in [-0.3, -0.25) is 4.79 Å². The van der Waals surface area contributed by atoms with Gasteiger partial charge in [0.15, 0.2) is 0 Å². The topological polar surface area (TPSA) is 116 Å². The van der Waals surface area contributed by atoms with Crippen molar-refractivity contribution in [1.82, 2.24) is 0 Å². The summed E-state index contributed by atoms with van der Waals surface area (Å²) in [6, 6.07) is 2.41. The number of carboxylic acid groups (broad SMARTS) is 1. The molecule has 0 heterocycles. The SMILES string of the molecule is COC(=O)c1cc(C(=O)OC)cc([C@H](N)C(=O)O)c1. The Morgan fingerprint density at radius 3 is 1.79 bits per heavy atom. The molecule has 3 N–H and O–H groups in total. The van der Waals surface area contributed by atoms with Gasteiger partial charge in [-0.2, -0.15) is 0 Å². The Morgan fingerprint density at radius 1 is 1.05 bits per heavy atom. The fourth-order valence-corrected chi connectivity index (χ4v) is 1.45. The van der Waals surface area contributed by atoms with E-state index in [9.17, 15) is 14.4 Å². The molecule has 0 spiro atoms. The zero-order chi connectivity index (χ0) is 14.6. The largest absolute Gasteiger partial charge is 0.480 e. The highest BCUT2D eigenvalue weighted by Gasteiger charge is 2.20. The van der Waals surface area contributed by atoms with Gasteiger partial charge in [0.1, 0.15) is 6.04 Å². The molecule has 0 saturated heterocycles. The molecule has 0 bridgehead atoms.